The second kappa shape index (κ2) is 8.79. The maximum absolute atomic E-state index is 13.3. The van der Waals surface area contributed by atoms with Gasteiger partial charge in [0.1, 0.15) is 5.82 Å². The van der Waals surface area contributed by atoms with Crippen molar-refractivity contribution < 1.29 is 17.9 Å². The Hall–Kier alpha value is -0.990. The lowest BCUT2D eigenvalue weighted by Gasteiger charge is -2.33. The molecule has 2 aromatic carbocycles. The van der Waals surface area contributed by atoms with E-state index in [1.165, 1.54) is 22.5 Å². The van der Waals surface area contributed by atoms with Crippen molar-refractivity contribution in [3.63, 3.8) is 0 Å². The van der Waals surface area contributed by atoms with Crippen LogP contribution in [0.4, 0.5) is 10.1 Å². The van der Waals surface area contributed by atoms with Crippen molar-refractivity contribution in [1.29, 1.82) is 0 Å². The molecular weight excluding hydrogens is 492 g/mol. The number of ketones is 1. The maximum Gasteiger partial charge on any atom is 0.195 e. The van der Waals surface area contributed by atoms with E-state index in [2.05, 4.69) is 15.9 Å². The fraction of sp³-hybridized carbons (Fsp3) is 0.316. The van der Waals surface area contributed by atoms with Crippen LogP contribution in [0.25, 0.3) is 0 Å². The molecule has 0 aliphatic heterocycles. The molecule has 2 unspecified atom stereocenters. The first kappa shape index (κ1) is 21.7. The summed E-state index contributed by atoms with van der Waals surface area (Å²) in [5, 5.41) is 0.106. The highest BCUT2D eigenvalue weighted by atomic mass is 79.9. The fourth-order valence-corrected chi connectivity index (χ4v) is 4.86. The van der Waals surface area contributed by atoms with Crippen LogP contribution in [-0.2, 0) is 11.3 Å². The minimum absolute atomic E-state index is 0.0163. The number of benzene rings is 2. The van der Waals surface area contributed by atoms with Crippen LogP contribution in [0.5, 0.6) is 0 Å². The molecule has 150 valence electrons. The van der Waals surface area contributed by atoms with Gasteiger partial charge in [-0.05, 0) is 65.5 Å². The normalized spacial score (nSPS) is 15.9. The van der Waals surface area contributed by atoms with Crippen LogP contribution in [0, 0.1) is 11.7 Å². The Labute approximate surface area is 183 Å². The van der Waals surface area contributed by atoms with Gasteiger partial charge >= 0.3 is 0 Å². The monoisotopic (exact) mass is 506 g/mol. The molecule has 3 rings (SSSR count). The predicted octanol–water partition coefficient (Wildman–Crippen LogP) is 5.92. The van der Waals surface area contributed by atoms with Crippen molar-refractivity contribution in [2.45, 2.75) is 32.2 Å². The van der Waals surface area contributed by atoms with Gasteiger partial charge in [-0.25, -0.2) is 4.39 Å². The van der Waals surface area contributed by atoms with Crippen molar-refractivity contribution in [3.8, 4) is 0 Å². The van der Waals surface area contributed by atoms with Crippen LogP contribution in [0.1, 0.15) is 42.1 Å². The molecule has 1 saturated carbocycles. The van der Waals surface area contributed by atoms with Crippen molar-refractivity contribution in [1.82, 2.24) is 0 Å². The molecule has 0 heterocycles. The molecular formula is C19H16BrCl2FNO3S-. The van der Waals surface area contributed by atoms with E-state index >= 15 is 0 Å². The molecule has 0 saturated heterocycles. The predicted molar refractivity (Wildman–Crippen MR) is 112 cm³/mol. The third kappa shape index (κ3) is 4.76. The van der Waals surface area contributed by atoms with E-state index in [4.69, 9.17) is 23.2 Å². The van der Waals surface area contributed by atoms with Crippen molar-refractivity contribution >= 4 is 61.9 Å². The summed E-state index contributed by atoms with van der Waals surface area (Å²) in [6, 6.07) is 6.14. The molecule has 0 aromatic heterocycles. The van der Waals surface area contributed by atoms with Gasteiger partial charge in [0.25, 0.3) is 0 Å². The average molecular weight is 508 g/mol. The van der Waals surface area contributed by atoms with Crippen LogP contribution in [-0.4, -0.2) is 20.6 Å². The minimum atomic E-state index is -2.52. The third-order valence-electron chi connectivity index (χ3n) is 4.63. The van der Waals surface area contributed by atoms with E-state index in [0.717, 1.165) is 31.4 Å². The Balaban J connectivity index is 1.97. The number of nitrogens with zero attached hydrogens (tertiary/aromatic N) is 1. The number of hydrogen-bond acceptors (Lipinski definition) is 3. The van der Waals surface area contributed by atoms with Gasteiger partial charge in [0.05, 0.1) is 15.7 Å². The number of carbonyl (C=O) groups excluding carboxylic acids is 1. The molecule has 28 heavy (non-hydrogen) atoms. The van der Waals surface area contributed by atoms with E-state index in [-0.39, 0.29) is 32.9 Å². The molecule has 9 heteroatoms. The van der Waals surface area contributed by atoms with E-state index in [1.54, 1.807) is 0 Å². The van der Waals surface area contributed by atoms with Crippen LogP contribution in [0.15, 0.2) is 34.8 Å². The second-order valence-electron chi connectivity index (χ2n) is 6.81. The third-order valence-corrected chi connectivity index (χ3v) is 6.78. The average Bonchev–Trinajstić information content (AvgIpc) is 3.41. The van der Waals surface area contributed by atoms with E-state index < -0.39 is 22.9 Å². The van der Waals surface area contributed by atoms with Crippen LogP contribution in [0.3, 0.4) is 0 Å². The van der Waals surface area contributed by atoms with Gasteiger partial charge in [-0.2, -0.15) is 0 Å². The first-order chi connectivity index (χ1) is 13.2. The molecule has 1 aliphatic carbocycles. The highest BCUT2D eigenvalue weighted by Crippen LogP contribution is 2.39. The van der Waals surface area contributed by atoms with Gasteiger partial charge in [0.15, 0.2) is 5.78 Å². The minimum Gasteiger partial charge on any atom is -0.755 e. The highest BCUT2D eigenvalue weighted by molar-refractivity contribution is 9.10. The lowest BCUT2D eigenvalue weighted by Crippen LogP contribution is -2.35. The Kier molecular flexibility index (Phi) is 6.82. The molecule has 0 radical (unpaired) electrons. The molecule has 0 spiro atoms. The van der Waals surface area contributed by atoms with Gasteiger partial charge in [-0.1, -0.05) is 36.0 Å². The topological polar surface area (TPSA) is 60.4 Å². The molecule has 2 aromatic rings. The standard InChI is InChI=1S/C19H17BrCl2FNO3S/c1-10(6-11-2-3-11)24(28(26)27)18-9-15(20)14(8-17(18)22)19(25)13-5-4-12(23)7-16(13)21/h4-5,7-11H,2-3,6H2,1H3,(H,26,27)/p-1. The zero-order valence-electron chi connectivity index (χ0n) is 14.8. The molecule has 2 atom stereocenters. The lowest BCUT2D eigenvalue weighted by atomic mass is 10.0. The molecule has 1 fully saturated rings. The van der Waals surface area contributed by atoms with E-state index in [1.807, 2.05) is 6.92 Å². The summed E-state index contributed by atoms with van der Waals surface area (Å²) in [6.07, 6.45) is 2.95. The van der Waals surface area contributed by atoms with Crippen molar-refractivity contribution in [2.75, 3.05) is 4.31 Å². The van der Waals surface area contributed by atoms with Crippen LogP contribution < -0.4 is 4.31 Å². The Morgan fingerprint density at radius 1 is 1.29 bits per heavy atom. The van der Waals surface area contributed by atoms with Gasteiger partial charge in [-0.15, -0.1) is 0 Å². The van der Waals surface area contributed by atoms with Crippen molar-refractivity contribution in [3.05, 3.63) is 61.8 Å². The Morgan fingerprint density at radius 2 is 1.96 bits per heavy atom. The SMILES string of the molecule is CC(CC1CC1)N(c1cc(Br)c(C(=O)c2ccc(F)cc2Cl)cc1Cl)S(=O)[O-]. The summed E-state index contributed by atoms with van der Waals surface area (Å²) in [4.78, 5) is 12.8. The van der Waals surface area contributed by atoms with Crippen LogP contribution >= 0.6 is 39.1 Å². The zero-order chi connectivity index (χ0) is 20.6. The largest absolute Gasteiger partial charge is 0.755 e. The number of anilines is 1. The molecule has 0 amide bonds. The maximum atomic E-state index is 13.3. The summed E-state index contributed by atoms with van der Waals surface area (Å²) in [5.41, 5.74) is 0.615. The molecule has 4 nitrogen and oxygen atoms in total. The zero-order valence-corrected chi connectivity index (χ0v) is 18.7. The summed E-state index contributed by atoms with van der Waals surface area (Å²) in [5.74, 6) is -0.469. The first-order valence-electron chi connectivity index (χ1n) is 8.56. The van der Waals surface area contributed by atoms with Crippen LogP contribution in [0.2, 0.25) is 10.0 Å². The smallest absolute Gasteiger partial charge is 0.195 e. The Morgan fingerprint density at radius 3 is 2.54 bits per heavy atom. The second-order valence-corrected chi connectivity index (χ2v) is 9.30. The fourth-order valence-electron chi connectivity index (χ4n) is 3.09. The first-order valence-corrected chi connectivity index (χ1v) is 11.1. The number of halogens is 4. The number of carbonyl (C=O) groups is 1. The van der Waals surface area contributed by atoms with Gasteiger partial charge < -0.3 is 4.55 Å². The molecule has 0 bridgehead atoms. The summed E-state index contributed by atoms with van der Waals surface area (Å²) < 4.78 is 38.6. The van der Waals surface area contributed by atoms with Crippen molar-refractivity contribution in [2.24, 2.45) is 5.92 Å². The van der Waals surface area contributed by atoms with Gasteiger partial charge in [-0.3, -0.25) is 13.3 Å². The summed E-state index contributed by atoms with van der Waals surface area (Å²) in [7, 11) is 0. The summed E-state index contributed by atoms with van der Waals surface area (Å²) >= 11 is 13.1. The number of rotatable bonds is 7. The van der Waals surface area contributed by atoms with Gasteiger partial charge in [0, 0.05) is 32.9 Å². The van der Waals surface area contributed by atoms with E-state index in [9.17, 15) is 17.9 Å². The Bertz CT molecular complexity index is 955. The lowest BCUT2D eigenvalue weighted by molar-refractivity contribution is 0.103. The van der Waals surface area contributed by atoms with Gasteiger partial charge in [0.2, 0.25) is 0 Å². The molecule has 1 aliphatic rings. The van der Waals surface area contributed by atoms with E-state index in [0.29, 0.717) is 10.4 Å². The summed E-state index contributed by atoms with van der Waals surface area (Å²) in [6.45, 7) is 1.83. The quantitative estimate of drug-likeness (QED) is 0.345. The molecule has 0 N–H and O–H groups in total. The highest BCUT2D eigenvalue weighted by Gasteiger charge is 2.29. The number of hydrogen-bond donors (Lipinski definition) is 0.